The molecule has 25 heavy (non-hydrogen) atoms. The predicted octanol–water partition coefficient (Wildman–Crippen LogP) is 2.93. The first-order chi connectivity index (χ1) is 12.2. The second-order valence-corrected chi connectivity index (χ2v) is 5.42. The van der Waals surface area contributed by atoms with Crippen LogP contribution in [0.2, 0.25) is 0 Å². The summed E-state index contributed by atoms with van der Waals surface area (Å²) >= 11 is 0. The first-order valence-electron chi connectivity index (χ1n) is 7.86. The second-order valence-electron chi connectivity index (χ2n) is 5.42. The van der Waals surface area contributed by atoms with Crippen LogP contribution in [0.4, 0.5) is 5.69 Å². The molecule has 0 saturated carbocycles. The van der Waals surface area contributed by atoms with Gasteiger partial charge in [0, 0.05) is 6.20 Å². The number of carbonyl (C=O) groups excluding carboxylic acids is 2. The number of rotatable bonds is 4. The van der Waals surface area contributed by atoms with Crippen molar-refractivity contribution >= 4 is 17.5 Å². The van der Waals surface area contributed by atoms with Crippen LogP contribution in [0.1, 0.15) is 17.2 Å². The third-order valence-corrected chi connectivity index (χ3v) is 3.67. The Morgan fingerprint density at radius 2 is 1.36 bits per heavy atom. The van der Waals surface area contributed by atoms with E-state index < -0.39 is 17.9 Å². The number of aromatic nitrogens is 1. The van der Waals surface area contributed by atoms with Gasteiger partial charge < -0.3 is 10.6 Å². The van der Waals surface area contributed by atoms with Crippen molar-refractivity contribution < 1.29 is 9.59 Å². The highest BCUT2D eigenvalue weighted by atomic mass is 16.2. The van der Waals surface area contributed by atoms with Crippen LogP contribution in [0, 0.1) is 0 Å². The second kappa shape index (κ2) is 7.88. The van der Waals surface area contributed by atoms with Crippen LogP contribution < -0.4 is 10.6 Å². The first-order valence-corrected chi connectivity index (χ1v) is 7.86. The van der Waals surface area contributed by atoms with Gasteiger partial charge in [-0.2, -0.15) is 0 Å². The molecule has 0 bridgehead atoms. The molecule has 3 aromatic rings. The summed E-state index contributed by atoms with van der Waals surface area (Å²) in [7, 11) is 0. The number of nitrogens with one attached hydrogen (secondary N) is 2. The molecule has 0 aliphatic rings. The van der Waals surface area contributed by atoms with Crippen LogP contribution in [0.25, 0.3) is 0 Å². The molecule has 1 aromatic heterocycles. The molecule has 2 N–H and O–H groups in total. The van der Waals surface area contributed by atoms with E-state index in [-0.39, 0.29) is 0 Å². The van der Waals surface area contributed by atoms with Crippen LogP contribution in [0.5, 0.6) is 0 Å². The maximum Gasteiger partial charge on any atom is 0.313 e. The molecule has 0 radical (unpaired) electrons. The van der Waals surface area contributed by atoms with Gasteiger partial charge in [0.05, 0.1) is 17.9 Å². The van der Waals surface area contributed by atoms with E-state index in [4.69, 9.17) is 0 Å². The minimum atomic E-state index is -0.732. The van der Waals surface area contributed by atoms with Crippen molar-refractivity contribution in [3.05, 3.63) is 96.3 Å². The SMILES string of the molecule is O=C(Nc1cccnc1)C(=O)NC(c1ccccc1)c1ccccc1. The van der Waals surface area contributed by atoms with E-state index in [1.807, 2.05) is 60.7 Å². The molecule has 1 heterocycles. The zero-order chi connectivity index (χ0) is 17.5. The van der Waals surface area contributed by atoms with E-state index in [1.54, 1.807) is 18.3 Å². The molecule has 2 aromatic carbocycles. The van der Waals surface area contributed by atoms with Gasteiger partial charge in [-0.25, -0.2) is 0 Å². The van der Waals surface area contributed by atoms with Crippen molar-refractivity contribution in [2.45, 2.75) is 6.04 Å². The molecule has 2 amide bonds. The largest absolute Gasteiger partial charge is 0.337 e. The minimum Gasteiger partial charge on any atom is -0.337 e. The molecule has 5 nitrogen and oxygen atoms in total. The number of hydrogen-bond donors (Lipinski definition) is 2. The summed E-state index contributed by atoms with van der Waals surface area (Å²) in [6.45, 7) is 0. The monoisotopic (exact) mass is 331 g/mol. The fourth-order valence-electron chi connectivity index (χ4n) is 2.47. The minimum absolute atomic E-state index is 0.408. The summed E-state index contributed by atoms with van der Waals surface area (Å²) in [5, 5.41) is 5.33. The highest BCUT2D eigenvalue weighted by molar-refractivity contribution is 6.39. The number of pyridine rings is 1. The van der Waals surface area contributed by atoms with E-state index >= 15 is 0 Å². The average molecular weight is 331 g/mol. The molecule has 0 aliphatic carbocycles. The fourth-order valence-corrected chi connectivity index (χ4v) is 2.47. The summed E-state index contributed by atoms with van der Waals surface area (Å²) in [5.41, 5.74) is 2.27. The van der Waals surface area contributed by atoms with E-state index in [0.29, 0.717) is 5.69 Å². The van der Waals surface area contributed by atoms with Gasteiger partial charge in [-0.05, 0) is 23.3 Å². The highest BCUT2D eigenvalue weighted by Crippen LogP contribution is 2.21. The molecule has 0 fully saturated rings. The van der Waals surface area contributed by atoms with Crippen molar-refractivity contribution in [2.75, 3.05) is 5.32 Å². The lowest BCUT2D eigenvalue weighted by Gasteiger charge is -2.19. The van der Waals surface area contributed by atoms with Gasteiger partial charge in [-0.15, -0.1) is 0 Å². The maximum atomic E-state index is 12.4. The summed E-state index contributed by atoms with van der Waals surface area (Å²) in [6.07, 6.45) is 3.08. The zero-order valence-corrected chi connectivity index (χ0v) is 13.4. The summed E-state index contributed by atoms with van der Waals surface area (Å²) < 4.78 is 0. The van der Waals surface area contributed by atoms with Gasteiger partial charge in [0.15, 0.2) is 0 Å². The lowest BCUT2D eigenvalue weighted by atomic mass is 9.99. The van der Waals surface area contributed by atoms with Gasteiger partial charge in [0.1, 0.15) is 0 Å². The number of anilines is 1. The van der Waals surface area contributed by atoms with Crippen LogP contribution in [0.15, 0.2) is 85.2 Å². The van der Waals surface area contributed by atoms with E-state index in [2.05, 4.69) is 15.6 Å². The lowest BCUT2D eigenvalue weighted by molar-refractivity contribution is -0.136. The summed E-state index contributed by atoms with van der Waals surface area (Å²) in [4.78, 5) is 28.4. The van der Waals surface area contributed by atoms with Gasteiger partial charge >= 0.3 is 11.8 Å². The van der Waals surface area contributed by atoms with Crippen molar-refractivity contribution in [3.63, 3.8) is 0 Å². The van der Waals surface area contributed by atoms with Crippen LogP contribution >= 0.6 is 0 Å². The van der Waals surface area contributed by atoms with Crippen LogP contribution in [0.3, 0.4) is 0 Å². The number of hydrogen-bond acceptors (Lipinski definition) is 3. The van der Waals surface area contributed by atoms with Crippen molar-refractivity contribution in [2.24, 2.45) is 0 Å². The third kappa shape index (κ3) is 4.29. The van der Waals surface area contributed by atoms with E-state index in [1.165, 1.54) is 6.20 Å². The van der Waals surface area contributed by atoms with E-state index in [0.717, 1.165) is 11.1 Å². The Labute approximate surface area is 145 Å². The number of carbonyl (C=O) groups is 2. The lowest BCUT2D eigenvalue weighted by Crippen LogP contribution is -2.38. The van der Waals surface area contributed by atoms with Gasteiger partial charge in [-0.1, -0.05) is 60.7 Å². The Hall–Kier alpha value is -3.47. The zero-order valence-electron chi connectivity index (χ0n) is 13.4. The molecule has 0 spiro atoms. The average Bonchev–Trinajstić information content (AvgIpc) is 2.68. The predicted molar refractivity (Wildman–Crippen MR) is 95.7 cm³/mol. The Morgan fingerprint density at radius 1 is 0.760 bits per heavy atom. The molecular weight excluding hydrogens is 314 g/mol. The number of amides is 2. The molecule has 124 valence electrons. The van der Waals surface area contributed by atoms with Crippen molar-refractivity contribution in [1.82, 2.24) is 10.3 Å². The number of nitrogens with zero attached hydrogens (tertiary/aromatic N) is 1. The van der Waals surface area contributed by atoms with E-state index in [9.17, 15) is 9.59 Å². The maximum absolute atomic E-state index is 12.4. The number of benzene rings is 2. The molecule has 5 heteroatoms. The topological polar surface area (TPSA) is 71.1 Å². The molecular formula is C20H17N3O2. The van der Waals surface area contributed by atoms with Crippen molar-refractivity contribution in [3.8, 4) is 0 Å². The quantitative estimate of drug-likeness (QED) is 0.722. The van der Waals surface area contributed by atoms with Gasteiger partial charge in [0.25, 0.3) is 0 Å². The Bertz CT molecular complexity index is 797. The first kappa shape index (κ1) is 16.4. The third-order valence-electron chi connectivity index (χ3n) is 3.67. The van der Waals surface area contributed by atoms with Crippen LogP contribution in [-0.2, 0) is 9.59 Å². The van der Waals surface area contributed by atoms with Gasteiger partial charge in [-0.3, -0.25) is 14.6 Å². The Kier molecular flexibility index (Phi) is 5.16. The fraction of sp³-hybridized carbons (Fsp3) is 0.0500. The molecule has 3 rings (SSSR count). The summed E-state index contributed by atoms with van der Waals surface area (Å²) in [6, 6.07) is 22.0. The normalized spacial score (nSPS) is 10.3. The summed E-state index contributed by atoms with van der Waals surface area (Å²) in [5.74, 6) is -1.44. The standard InChI is InChI=1S/C20H17N3O2/c24-19(22-17-12-7-13-21-14-17)20(25)23-18(15-8-3-1-4-9-15)16-10-5-2-6-11-16/h1-14,18H,(H,22,24)(H,23,25). The molecule has 0 atom stereocenters. The molecule has 0 saturated heterocycles. The molecule has 0 unspecified atom stereocenters. The highest BCUT2D eigenvalue weighted by Gasteiger charge is 2.21. The van der Waals surface area contributed by atoms with Crippen LogP contribution in [-0.4, -0.2) is 16.8 Å². The molecule has 0 aliphatic heterocycles. The van der Waals surface area contributed by atoms with Crippen molar-refractivity contribution in [1.29, 1.82) is 0 Å². The smallest absolute Gasteiger partial charge is 0.313 e. The Morgan fingerprint density at radius 3 is 1.88 bits per heavy atom. The van der Waals surface area contributed by atoms with Gasteiger partial charge in [0.2, 0.25) is 0 Å². The Balaban J connectivity index is 1.78.